The van der Waals surface area contributed by atoms with Crippen LogP contribution in [0.1, 0.15) is 20.3 Å². The van der Waals surface area contributed by atoms with Crippen molar-refractivity contribution >= 4 is 0 Å². The van der Waals surface area contributed by atoms with Gasteiger partial charge in [0.25, 0.3) is 0 Å². The van der Waals surface area contributed by atoms with Crippen molar-refractivity contribution in [1.82, 2.24) is 0 Å². The fraction of sp³-hybridized carbons (Fsp3) is 0.400. The van der Waals surface area contributed by atoms with Gasteiger partial charge in [0.05, 0.1) is 18.2 Å². The monoisotopic (exact) mass is 174 g/mol. The average Bonchev–Trinajstić information content (AvgIpc) is 2.13. The summed E-state index contributed by atoms with van der Waals surface area (Å²) in [5.74, 6) is 0.522. The Balaban J connectivity index is 2.97. The molecule has 0 spiro atoms. The quantitative estimate of drug-likeness (QED) is 0.571. The fourth-order valence-electron chi connectivity index (χ4n) is 1.28. The van der Waals surface area contributed by atoms with Crippen LogP contribution in [-0.2, 0) is 4.74 Å². The van der Waals surface area contributed by atoms with Gasteiger partial charge in [0.2, 0.25) is 0 Å². The minimum Gasteiger partial charge on any atom is -0.481 e. The lowest BCUT2D eigenvalue weighted by Gasteiger charge is -2.43. The Bertz CT molecular complexity index is 354. The van der Waals surface area contributed by atoms with Gasteiger partial charge in [-0.2, -0.15) is 10.5 Å². The van der Waals surface area contributed by atoms with Crippen LogP contribution in [0, 0.1) is 22.7 Å². The normalized spacial score (nSPS) is 31.7. The summed E-state index contributed by atoms with van der Waals surface area (Å²) in [5.41, 5.74) is 0.442. The molecule has 0 aromatic heterocycles. The molecule has 0 aromatic carbocycles. The number of rotatable bonds is 1. The fourth-order valence-corrected chi connectivity index (χ4v) is 1.28. The van der Waals surface area contributed by atoms with Crippen molar-refractivity contribution in [3.63, 3.8) is 0 Å². The largest absolute Gasteiger partial charge is 0.481 e. The summed E-state index contributed by atoms with van der Waals surface area (Å²) in [6, 6.07) is 3.84. The van der Waals surface area contributed by atoms with E-state index >= 15 is 0 Å². The Morgan fingerprint density at radius 2 is 2.00 bits per heavy atom. The molecule has 0 radical (unpaired) electrons. The van der Waals surface area contributed by atoms with Gasteiger partial charge in [-0.05, 0) is 13.3 Å². The molecular weight excluding hydrogens is 164 g/mol. The average molecular weight is 174 g/mol. The minimum atomic E-state index is -0.377. The van der Waals surface area contributed by atoms with Gasteiger partial charge >= 0.3 is 0 Å². The lowest BCUT2D eigenvalue weighted by atomic mass is 9.85. The highest BCUT2D eigenvalue weighted by atomic mass is 16.5. The number of hydrogen-bond acceptors (Lipinski definition) is 3. The summed E-state index contributed by atoms with van der Waals surface area (Å²) >= 11 is 0. The van der Waals surface area contributed by atoms with Crippen LogP contribution in [0.2, 0.25) is 0 Å². The zero-order chi connectivity index (χ0) is 9.90. The van der Waals surface area contributed by atoms with E-state index in [4.69, 9.17) is 15.3 Å². The van der Waals surface area contributed by atoms with E-state index in [0.29, 0.717) is 5.76 Å². The van der Waals surface area contributed by atoms with Gasteiger partial charge in [0, 0.05) is 11.6 Å². The standard InChI is InChI=1S/C10H10N2O/c1-3-10(2)8(4-6-11)9(13-10)5-7-12/h4-5H,3H2,1-2H3/b8-4+,9-5+. The third-order valence-corrected chi connectivity index (χ3v) is 2.25. The van der Waals surface area contributed by atoms with Gasteiger partial charge in [-0.3, -0.25) is 0 Å². The van der Waals surface area contributed by atoms with E-state index < -0.39 is 0 Å². The molecule has 1 saturated heterocycles. The zero-order valence-electron chi connectivity index (χ0n) is 7.66. The molecule has 0 aromatic rings. The van der Waals surface area contributed by atoms with Crippen molar-refractivity contribution in [2.45, 2.75) is 25.9 Å². The summed E-state index contributed by atoms with van der Waals surface area (Å²) in [4.78, 5) is 0. The number of nitriles is 2. The van der Waals surface area contributed by atoms with E-state index in [9.17, 15) is 0 Å². The molecule has 1 atom stereocenters. The molecule has 0 saturated carbocycles. The maximum absolute atomic E-state index is 8.52. The molecule has 0 aliphatic carbocycles. The molecule has 0 amide bonds. The molecule has 66 valence electrons. The molecule has 1 unspecified atom stereocenters. The van der Waals surface area contributed by atoms with Crippen LogP contribution in [0.3, 0.4) is 0 Å². The smallest absolute Gasteiger partial charge is 0.139 e. The molecule has 0 N–H and O–H groups in total. The SMILES string of the molecule is CCC1(C)OC(=C/C#N)/C1=C\C#N. The molecule has 1 aliphatic rings. The van der Waals surface area contributed by atoms with E-state index in [1.807, 2.05) is 26.0 Å². The third kappa shape index (κ3) is 1.41. The molecule has 1 heterocycles. The van der Waals surface area contributed by atoms with Crippen LogP contribution < -0.4 is 0 Å². The number of nitrogens with zero attached hydrogens (tertiary/aromatic N) is 2. The second-order valence-electron chi connectivity index (χ2n) is 3.01. The van der Waals surface area contributed by atoms with Gasteiger partial charge in [-0.25, -0.2) is 0 Å². The number of hydrogen-bond donors (Lipinski definition) is 0. The van der Waals surface area contributed by atoms with Gasteiger partial charge in [0.1, 0.15) is 11.4 Å². The van der Waals surface area contributed by atoms with E-state index in [-0.39, 0.29) is 5.60 Å². The Hall–Kier alpha value is -1.74. The predicted molar refractivity (Wildman–Crippen MR) is 47.2 cm³/mol. The number of allylic oxidation sites excluding steroid dienone is 2. The molecule has 1 fully saturated rings. The van der Waals surface area contributed by atoms with Gasteiger partial charge in [-0.15, -0.1) is 0 Å². The van der Waals surface area contributed by atoms with Gasteiger partial charge < -0.3 is 4.74 Å². The van der Waals surface area contributed by atoms with Gasteiger partial charge in [-0.1, -0.05) is 6.92 Å². The highest BCUT2D eigenvalue weighted by molar-refractivity contribution is 5.46. The van der Waals surface area contributed by atoms with E-state index in [0.717, 1.165) is 12.0 Å². The first-order valence-electron chi connectivity index (χ1n) is 4.07. The summed E-state index contributed by atoms with van der Waals surface area (Å²) in [6.07, 6.45) is 3.56. The molecule has 3 nitrogen and oxygen atoms in total. The summed E-state index contributed by atoms with van der Waals surface area (Å²) in [7, 11) is 0. The summed E-state index contributed by atoms with van der Waals surface area (Å²) < 4.78 is 5.40. The highest BCUT2D eigenvalue weighted by Gasteiger charge is 2.42. The maximum Gasteiger partial charge on any atom is 0.139 e. The lowest BCUT2D eigenvalue weighted by Crippen LogP contribution is -2.41. The lowest BCUT2D eigenvalue weighted by molar-refractivity contribution is -0.0132. The second kappa shape index (κ2) is 3.33. The van der Waals surface area contributed by atoms with Crippen LogP contribution >= 0.6 is 0 Å². The zero-order valence-corrected chi connectivity index (χ0v) is 7.66. The third-order valence-electron chi connectivity index (χ3n) is 2.25. The van der Waals surface area contributed by atoms with Crippen molar-refractivity contribution in [2.75, 3.05) is 0 Å². The van der Waals surface area contributed by atoms with Crippen molar-refractivity contribution in [3.8, 4) is 12.1 Å². The molecular formula is C10H10N2O. The maximum atomic E-state index is 8.52. The van der Waals surface area contributed by atoms with Crippen LogP contribution in [0.15, 0.2) is 23.5 Å². The van der Waals surface area contributed by atoms with Crippen LogP contribution in [-0.4, -0.2) is 5.60 Å². The van der Waals surface area contributed by atoms with E-state index in [1.165, 1.54) is 12.2 Å². The van der Waals surface area contributed by atoms with Crippen molar-refractivity contribution in [1.29, 1.82) is 10.5 Å². The van der Waals surface area contributed by atoms with Crippen LogP contribution in [0.25, 0.3) is 0 Å². The Kier molecular flexibility index (Phi) is 2.39. The topological polar surface area (TPSA) is 56.8 Å². The van der Waals surface area contributed by atoms with E-state index in [1.54, 1.807) is 0 Å². The molecule has 0 bridgehead atoms. The van der Waals surface area contributed by atoms with Crippen molar-refractivity contribution in [2.24, 2.45) is 0 Å². The summed E-state index contributed by atoms with van der Waals surface area (Å²) in [6.45, 7) is 3.89. The molecule has 1 aliphatic heterocycles. The summed E-state index contributed by atoms with van der Waals surface area (Å²) in [5, 5.41) is 16.9. The van der Waals surface area contributed by atoms with Crippen molar-refractivity contribution in [3.05, 3.63) is 23.5 Å². The molecule has 3 heteroatoms. The first-order valence-corrected chi connectivity index (χ1v) is 4.07. The number of ether oxygens (including phenoxy) is 1. The molecule has 13 heavy (non-hydrogen) atoms. The minimum absolute atomic E-state index is 0.377. The van der Waals surface area contributed by atoms with Crippen molar-refractivity contribution < 1.29 is 4.74 Å². The second-order valence-corrected chi connectivity index (χ2v) is 3.01. The Morgan fingerprint density at radius 1 is 1.38 bits per heavy atom. The highest BCUT2D eigenvalue weighted by Crippen LogP contribution is 2.43. The predicted octanol–water partition coefficient (Wildman–Crippen LogP) is 2.04. The first-order chi connectivity index (χ1) is 6.18. The molecule has 1 rings (SSSR count). The van der Waals surface area contributed by atoms with Crippen LogP contribution in [0.4, 0.5) is 0 Å². The van der Waals surface area contributed by atoms with Gasteiger partial charge in [0.15, 0.2) is 0 Å². The van der Waals surface area contributed by atoms with Crippen LogP contribution in [0.5, 0.6) is 0 Å². The Labute approximate surface area is 77.5 Å². The Morgan fingerprint density at radius 3 is 2.46 bits per heavy atom. The van der Waals surface area contributed by atoms with E-state index in [2.05, 4.69) is 0 Å². The first kappa shape index (κ1) is 9.35.